The second-order valence-electron chi connectivity index (χ2n) is 5.30. The van der Waals surface area contributed by atoms with Crippen molar-refractivity contribution in [3.05, 3.63) is 58.6 Å². The minimum Gasteiger partial charge on any atom is -0.321 e. The normalized spacial score (nSPS) is 15.2. The van der Waals surface area contributed by atoms with E-state index in [2.05, 4.69) is 16.4 Å². The molecule has 0 fully saturated rings. The lowest BCUT2D eigenvalue weighted by atomic mass is 10.0. The molecule has 2 heterocycles. The maximum atomic E-state index is 12.4. The number of nitriles is 1. The van der Waals surface area contributed by atoms with Crippen LogP contribution in [-0.4, -0.2) is 10.9 Å². The van der Waals surface area contributed by atoms with E-state index in [9.17, 15) is 10.1 Å². The molecule has 0 saturated heterocycles. The van der Waals surface area contributed by atoms with E-state index in [4.69, 9.17) is 0 Å². The van der Waals surface area contributed by atoms with Gasteiger partial charge in [0.25, 0.3) is 5.91 Å². The molecular formula is C18H11N3OS. The van der Waals surface area contributed by atoms with Gasteiger partial charge in [-0.25, -0.2) is 4.98 Å². The van der Waals surface area contributed by atoms with Gasteiger partial charge < -0.3 is 5.32 Å². The van der Waals surface area contributed by atoms with E-state index in [-0.39, 0.29) is 5.91 Å². The molecular weight excluding hydrogens is 306 g/mol. The summed E-state index contributed by atoms with van der Waals surface area (Å²) in [5.74, 6) is -0.245. The van der Waals surface area contributed by atoms with Crippen LogP contribution in [0.4, 0.5) is 5.69 Å². The lowest BCUT2D eigenvalue weighted by molar-refractivity contribution is -0.110. The van der Waals surface area contributed by atoms with Gasteiger partial charge in [-0.1, -0.05) is 30.3 Å². The van der Waals surface area contributed by atoms with Crippen LogP contribution in [-0.2, 0) is 4.79 Å². The van der Waals surface area contributed by atoms with Gasteiger partial charge in [-0.2, -0.15) is 5.26 Å². The molecule has 0 radical (unpaired) electrons. The van der Waals surface area contributed by atoms with Gasteiger partial charge in [0.2, 0.25) is 0 Å². The number of aromatic nitrogens is 1. The summed E-state index contributed by atoms with van der Waals surface area (Å²) >= 11 is 1.43. The number of fused-ring (bicyclic) bond motifs is 2. The number of benzene rings is 2. The van der Waals surface area contributed by atoms with Crippen molar-refractivity contribution >= 4 is 44.3 Å². The van der Waals surface area contributed by atoms with Crippen molar-refractivity contribution in [3.8, 4) is 6.07 Å². The Morgan fingerprint density at radius 2 is 2.04 bits per heavy atom. The molecule has 0 saturated carbocycles. The van der Waals surface area contributed by atoms with Gasteiger partial charge in [0, 0.05) is 5.56 Å². The van der Waals surface area contributed by atoms with Gasteiger partial charge in [-0.15, -0.1) is 11.3 Å². The average molecular weight is 317 g/mol. The van der Waals surface area contributed by atoms with Crippen molar-refractivity contribution in [2.75, 3.05) is 5.32 Å². The smallest absolute Gasteiger partial charge is 0.257 e. The van der Waals surface area contributed by atoms with E-state index in [1.807, 2.05) is 49.4 Å². The summed E-state index contributed by atoms with van der Waals surface area (Å²) in [5, 5.41) is 13.1. The number of allylic oxidation sites excluding steroid dienone is 1. The first-order chi connectivity index (χ1) is 11.2. The largest absolute Gasteiger partial charge is 0.321 e. The second kappa shape index (κ2) is 5.04. The van der Waals surface area contributed by atoms with Gasteiger partial charge >= 0.3 is 0 Å². The monoisotopic (exact) mass is 317 g/mol. The number of amides is 1. The molecule has 0 aliphatic carbocycles. The number of nitrogens with one attached hydrogen (secondary N) is 1. The summed E-state index contributed by atoms with van der Waals surface area (Å²) in [4.78, 5) is 16.9. The molecule has 1 aliphatic rings. The summed E-state index contributed by atoms with van der Waals surface area (Å²) in [5.41, 5.74) is 4.10. The van der Waals surface area contributed by atoms with E-state index in [0.717, 1.165) is 27.0 Å². The van der Waals surface area contributed by atoms with E-state index in [0.29, 0.717) is 16.2 Å². The standard InChI is InChI=1S/C18H11N3OS/c1-10-5-4-6-11-15(17(22)21-16(10)11)12(9-19)18-20-13-7-2-3-8-14(13)23-18/h2-8H,1H3,(H,21,22)/b15-12-. The maximum Gasteiger partial charge on any atom is 0.257 e. The first-order valence-electron chi connectivity index (χ1n) is 7.10. The van der Waals surface area contributed by atoms with Crippen molar-refractivity contribution in [1.82, 2.24) is 4.98 Å². The summed E-state index contributed by atoms with van der Waals surface area (Å²) in [6.07, 6.45) is 0. The summed E-state index contributed by atoms with van der Waals surface area (Å²) in [7, 11) is 0. The average Bonchev–Trinajstić information content (AvgIpc) is 3.11. The molecule has 23 heavy (non-hydrogen) atoms. The zero-order valence-electron chi connectivity index (χ0n) is 12.3. The Hall–Kier alpha value is -2.97. The lowest BCUT2D eigenvalue weighted by Gasteiger charge is -2.02. The predicted molar refractivity (Wildman–Crippen MR) is 91.9 cm³/mol. The van der Waals surface area contributed by atoms with Crippen LogP contribution in [0.2, 0.25) is 0 Å². The van der Waals surface area contributed by atoms with E-state index >= 15 is 0 Å². The molecule has 0 spiro atoms. The highest BCUT2D eigenvalue weighted by atomic mass is 32.1. The molecule has 4 nitrogen and oxygen atoms in total. The van der Waals surface area contributed by atoms with Crippen molar-refractivity contribution in [3.63, 3.8) is 0 Å². The Bertz CT molecular complexity index is 1010. The number of hydrogen-bond donors (Lipinski definition) is 1. The third-order valence-corrected chi connectivity index (χ3v) is 4.93. The number of para-hydroxylation sites is 2. The Balaban J connectivity index is 2.00. The molecule has 1 amide bonds. The van der Waals surface area contributed by atoms with Crippen LogP contribution >= 0.6 is 11.3 Å². The van der Waals surface area contributed by atoms with Crippen LogP contribution in [0.1, 0.15) is 16.1 Å². The van der Waals surface area contributed by atoms with Gasteiger partial charge in [0.05, 0.1) is 21.5 Å². The molecule has 2 aromatic carbocycles. The lowest BCUT2D eigenvalue weighted by Crippen LogP contribution is -2.06. The SMILES string of the molecule is Cc1cccc2c1NC(=O)/C2=C(/C#N)c1nc2ccccc2s1. The molecule has 0 unspecified atom stereocenters. The molecule has 4 rings (SSSR count). The molecule has 1 aromatic heterocycles. The maximum absolute atomic E-state index is 12.4. The molecule has 1 aliphatic heterocycles. The number of rotatable bonds is 1. The van der Waals surface area contributed by atoms with Crippen molar-refractivity contribution in [1.29, 1.82) is 5.26 Å². The third-order valence-electron chi connectivity index (χ3n) is 3.88. The zero-order valence-corrected chi connectivity index (χ0v) is 13.1. The number of carbonyl (C=O) groups excluding carboxylic acids is 1. The fraction of sp³-hybridized carbons (Fsp3) is 0.0556. The molecule has 3 aromatic rings. The number of carbonyl (C=O) groups is 1. The summed E-state index contributed by atoms with van der Waals surface area (Å²) in [6.45, 7) is 1.94. The fourth-order valence-electron chi connectivity index (χ4n) is 2.78. The van der Waals surface area contributed by atoms with Crippen LogP contribution in [0, 0.1) is 18.3 Å². The third kappa shape index (κ3) is 2.04. The second-order valence-corrected chi connectivity index (χ2v) is 6.33. The van der Waals surface area contributed by atoms with Crippen LogP contribution in [0.3, 0.4) is 0 Å². The number of thiazole rings is 1. The summed E-state index contributed by atoms with van der Waals surface area (Å²) < 4.78 is 0.999. The Morgan fingerprint density at radius 1 is 1.22 bits per heavy atom. The minimum absolute atomic E-state index is 0.245. The van der Waals surface area contributed by atoms with Gasteiger partial charge in [-0.3, -0.25) is 4.79 Å². The van der Waals surface area contributed by atoms with Crippen molar-refractivity contribution in [2.24, 2.45) is 0 Å². The van der Waals surface area contributed by atoms with Gasteiger partial charge in [0.1, 0.15) is 16.6 Å². The quantitative estimate of drug-likeness (QED) is 0.545. The minimum atomic E-state index is -0.245. The van der Waals surface area contributed by atoms with Crippen LogP contribution in [0.25, 0.3) is 21.4 Å². The van der Waals surface area contributed by atoms with Crippen molar-refractivity contribution < 1.29 is 4.79 Å². The number of aryl methyl sites for hydroxylation is 1. The van der Waals surface area contributed by atoms with Gasteiger partial charge in [0.15, 0.2) is 0 Å². The van der Waals surface area contributed by atoms with Crippen LogP contribution in [0.15, 0.2) is 42.5 Å². The zero-order chi connectivity index (χ0) is 16.0. The Kier molecular flexibility index (Phi) is 3.00. The number of nitrogens with zero attached hydrogens (tertiary/aromatic N) is 2. The first-order valence-corrected chi connectivity index (χ1v) is 7.92. The van der Waals surface area contributed by atoms with E-state index in [1.54, 1.807) is 0 Å². The van der Waals surface area contributed by atoms with Crippen LogP contribution < -0.4 is 5.32 Å². The Labute approximate surface area is 136 Å². The highest BCUT2D eigenvalue weighted by Gasteiger charge is 2.30. The van der Waals surface area contributed by atoms with Gasteiger partial charge in [-0.05, 0) is 24.6 Å². The summed E-state index contributed by atoms with van der Waals surface area (Å²) in [6, 6.07) is 15.6. The van der Waals surface area contributed by atoms with Crippen LogP contribution in [0.5, 0.6) is 0 Å². The molecule has 0 atom stereocenters. The molecule has 1 N–H and O–H groups in total. The highest BCUT2D eigenvalue weighted by molar-refractivity contribution is 7.19. The molecule has 110 valence electrons. The molecule has 0 bridgehead atoms. The predicted octanol–water partition coefficient (Wildman–Crippen LogP) is 3.99. The number of hydrogen-bond acceptors (Lipinski definition) is 4. The highest BCUT2D eigenvalue weighted by Crippen LogP contribution is 2.39. The fourth-order valence-corrected chi connectivity index (χ4v) is 3.75. The van der Waals surface area contributed by atoms with E-state index < -0.39 is 0 Å². The first kappa shape index (κ1) is 13.7. The molecule has 5 heteroatoms. The van der Waals surface area contributed by atoms with Crippen molar-refractivity contribution in [2.45, 2.75) is 6.92 Å². The Morgan fingerprint density at radius 3 is 2.83 bits per heavy atom. The topological polar surface area (TPSA) is 65.8 Å². The number of anilines is 1. The van der Waals surface area contributed by atoms with E-state index in [1.165, 1.54) is 11.3 Å².